The van der Waals surface area contributed by atoms with Crippen molar-refractivity contribution in [2.24, 2.45) is 5.92 Å². The number of hydrogen-bond donors (Lipinski definition) is 1. The van der Waals surface area contributed by atoms with Crippen LogP contribution in [0.5, 0.6) is 5.75 Å². The van der Waals surface area contributed by atoms with Crippen LogP contribution in [0.15, 0.2) is 27.6 Å². The second-order valence-corrected chi connectivity index (χ2v) is 9.42. The first-order valence-electron chi connectivity index (χ1n) is 9.70. The van der Waals surface area contributed by atoms with Gasteiger partial charge in [0, 0.05) is 13.0 Å². The van der Waals surface area contributed by atoms with E-state index in [1.807, 2.05) is 0 Å². The maximum atomic E-state index is 12.9. The Balaban J connectivity index is 1.59. The summed E-state index contributed by atoms with van der Waals surface area (Å²) in [7, 11) is -3.71. The predicted molar refractivity (Wildman–Crippen MR) is 104 cm³/mol. The number of aryl methyl sites for hydroxylation is 1. The number of nitrogens with zero attached hydrogens (tertiary/aromatic N) is 3. The Morgan fingerprint density at radius 3 is 2.69 bits per heavy atom. The van der Waals surface area contributed by atoms with E-state index < -0.39 is 10.0 Å². The maximum Gasteiger partial charge on any atom is 0.265 e. The molecular formula is C19H24N4O5S. The Morgan fingerprint density at radius 1 is 1.24 bits per heavy atom. The molecule has 1 N–H and O–H groups in total. The normalized spacial score (nSPS) is 22.3. The Bertz CT molecular complexity index is 1010. The average Bonchev–Trinajstić information content (AvgIpc) is 3.10. The van der Waals surface area contributed by atoms with Crippen molar-refractivity contribution in [2.45, 2.75) is 57.0 Å². The Labute approximate surface area is 169 Å². The van der Waals surface area contributed by atoms with Crippen molar-refractivity contribution < 1.29 is 22.5 Å². The van der Waals surface area contributed by atoms with Gasteiger partial charge in [0.15, 0.2) is 12.4 Å². The largest absolute Gasteiger partial charge is 0.482 e. The molecule has 1 aromatic heterocycles. The Morgan fingerprint density at radius 2 is 2.00 bits per heavy atom. The van der Waals surface area contributed by atoms with E-state index in [2.05, 4.69) is 21.8 Å². The molecular weight excluding hydrogens is 396 g/mol. The summed E-state index contributed by atoms with van der Waals surface area (Å²) in [6, 6.07) is 4.48. The van der Waals surface area contributed by atoms with Gasteiger partial charge in [-0.15, -0.1) is 0 Å². The van der Waals surface area contributed by atoms with Crippen LogP contribution in [0.25, 0.3) is 0 Å². The van der Waals surface area contributed by atoms with Gasteiger partial charge in [0.1, 0.15) is 5.75 Å². The number of carbonyl (C=O) groups is 1. The van der Waals surface area contributed by atoms with Gasteiger partial charge in [0.2, 0.25) is 15.9 Å². The Hall–Kier alpha value is -2.46. The van der Waals surface area contributed by atoms with Crippen LogP contribution < -0.4 is 14.4 Å². The van der Waals surface area contributed by atoms with Crippen molar-refractivity contribution >= 4 is 21.6 Å². The van der Waals surface area contributed by atoms with Gasteiger partial charge >= 0.3 is 0 Å². The van der Waals surface area contributed by atoms with Gasteiger partial charge in [-0.05, 0) is 49.8 Å². The molecule has 0 unspecified atom stereocenters. The zero-order valence-corrected chi connectivity index (χ0v) is 17.2. The third-order valence-corrected chi connectivity index (χ3v) is 6.91. The third kappa shape index (κ3) is 4.27. The van der Waals surface area contributed by atoms with Gasteiger partial charge in [-0.25, -0.2) is 13.1 Å². The van der Waals surface area contributed by atoms with Gasteiger partial charge in [0.05, 0.1) is 17.1 Å². The standard InChI is InChI=1S/C19H24N4O5S/c1-12-3-5-14(6-4-12)22-29(25,26)15-7-8-17-16(9-15)23(19(24)11-27-17)10-18-20-13(2)28-21-18/h7-9,12,14,22H,3-6,10-11H2,1-2H3. The van der Waals surface area contributed by atoms with Crippen LogP contribution in [0.3, 0.4) is 0 Å². The highest BCUT2D eigenvalue weighted by Crippen LogP contribution is 2.35. The average molecular weight is 420 g/mol. The molecule has 1 fully saturated rings. The smallest absolute Gasteiger partial charge is 0.265 e. The zero-order chi connectivity index (χ0) is 20.6. The van der Waals surface area contributed by atoms with Crippen molar-refractivity contribution in [3.05, 3.63) is 29.9 Å². The molecule has 1 aliphatic heterocycles. The molecule has 1 aromatic carbocycles. The van der Waals surface area contributed by atoms with Crippen LogP contribution in [0, 0.1) is 12.8 Å². The molecule has 0 atom stereocenters. The maximum absolute atomic E-state index is 12.9. The number of sulfonamides is 1. The van der Waals surface area contributed by atoms with E-state index in [9.17, 15) is 13.2 Å². The SMILES string of the molecule is Cc1nc(CN2C(=O)COc3ccc(S(=O)(=O)NC4CCC(C)CC4)cc32)no1. The van der Waals surface area contributed by atoms with E-state index in [0.29, 0.717) is 29.1 Å². The molecule has 4 rings (SSSR count). The summed E-state index contributed by atoms with van der Waals surface area (Å²) in [6.45, 7) is 3.79. The number of aromatic nitrogens is 2. The molecule has 1 aliphatic carbocycles. The fraction of sp³-hybridized carbons (Fsp3) is 0.526. The predicted octanol–water partition coefficient (Wildman–Crippen LogP) is 2.16. The van der Waals surface area contributed by atoms with Crippen molar-refractivity contribution in [2.75, 3.05) is 11.5 Å². The molecule has 1 saturated carbocycles. The lowest BCUT2D eigenvalue weighted by Gasteiger charge is -2.29. The molecule has 0 saturated heterocycles. The molecule has 156 valence electrons. The summed E-state index contributed by atoms with van der Waals surface area (Å²) in [5, 5.41) is 3.82. The van der Waals surface area contributed by atoms with E-state index in [4.69, 9.17) is 9.26 Å². The second kappa shape index (κ2) is 7.75. The van der Waals surface area contributed by atoms with E-state index in [1.165, 1.54) is 17.0 Å². The zero-order valence-electron chi connectivity index (χ0n) is 16.4. The summed E-state index contributed by atoms with van der Waals surface area (Å²) in [5.41, 5.74) is 0.379. The number of benzene rings is 1. The minimum absolute atomic E-state index is 0.0662. The van der Waals surface area contributed by atoms with Crippen LogP contribution in [0.2, 0.25) is 0 Å². The quantitative estimate of drug-likeness (QED) is 0.788. The molecule has 2 heterocycles. The summed E-state index contributed by atoms with van der Waals surface area (Å²) >= 11 is 0. The minimum atomic E-state index is -3.71. The van der Waals surface area contributed by atoms with E-state index in [-0.39, 0.29) is 30.0 Å². The minimum Gasteiger partial charge on any atom is -0.482 e. The molecule has 2 aromatic rings. The van der Waals surface area contributed by atoms with Crippen molar-refractivity contribution in [3.8, 4) is 5.75 Å². The molecule has 1 amide bonds. The molecule has 0 radical (unpaired) electrons. The van der Waals surface area contributed by atoms with Crippen LogP contribution in [0.1, 0.15) is 44.3 Å². The molecule has 9 nitrogen and oxygen atoms in total. The van der Waals surface area contributed by atoms with Crippen molar-refractivity contribution in [1.29, 1.82) is 0 Å². The summed E-state index contributed by atoms with van der Waals surface area (Å²) < 4.78 is 39.1. The molecule has 10 heteroatoms. The first kappa shape index (κ1) is 19.8. The number of rotatable bonds is 5. The van der Waals surface area contributed by atoms with Crippen LogP contribution in [-0.2, 0) is 21.4 Å². The van der Waals surface area contributed by atoms with Crippen LogP contribution in [0.4, 0.5) is 5.69 Å². The molecule has 2 aliphatic rings. The molecule has 0 spiro atoms. The summed E-state index contributed by atoms with van der Waals surface area (Å²) in [6.07, 6.45) is 3.68. The molecule has 29 heavy (non-hydrogen) atoms. The number of nitrogens with one attached hydrogen (secondary N) is 1. The summed E-state index contributed by atoms with van der Waals surface area (Å²) in [5.74, 6) is 1.50. The second-order valence-electron chi connectivity index (χ2n) is 7.71. The lowest BCUT2D eigenvalue weighted by Crippen LogP contribution is -2.39. The van der Waals surface area contributed by atoms with Crippen molar-refractivity contribution in [1.82, 2.24) is 14.9 Å². The van der Waals surface area contributed by atoms with E-state index in [0.717, 1.165) is 25.7 Å². The van der Waals surface area contributed by atoms with E-state index in [1.54, 1.807) is 13.0 Å². The monoisotopic (exact) mass is 420 g/mol. The number of ether oxygens (including phenoxy) is 1. The first-order valence-corrected chi connectivity index (χ1v) is 11.2. The highest BCUT2D eigenvalue weighted by atomic mass is 32.2. The fourth-order valence-corrected chi connectivity index (χ4v) is 5.06. The van der Waals surface area contributed by atoms with Gasteiger partial charge in [0.25, 0.3) is 5.91 Å². The van der Waals surface area contributed by atoms with Crippen LogP contribution in [-0.4, -0.2) is 37.1 Å². The van der Waals surface area contributed by atoms with Crippen molar-refractivity contribution in [3.63, 3.8) is 0 Å². The highest BCUT2D eigenvalue weighted by molar-refractivity contribution is 7.89. The van der Waals surface area contributed by atoms with Gasteiger partial charge < -0.3 is 9.26 Å². The first-order chi connectivity index (χ1) is 13.8. The summed E-state index contributed by atoms with van der Waals surface area (Å²) in [4.78, 5) is 18.1. The van der Waals surface area contributed by atoms with Gasteiger partial charge in [-0.3, -0.25) is 9.69 Å². The number of carbonyl (C=O) groups excluding carboxylic acids is 1. The van der Waals surface area contributed by atoms with Crippen LogP contribution >= 0.6 is 0 Å². The number of fused-ring (bicyclic) bond motifs is 1. The van der Waals surface area contributed by atoms with Gasteiger partial charge in [-0.2, -0.15) is 4.98 Å². The lowest BCUT2D eigenvalue weighted by atomic mass is 9.88. The van der Waals surface area contributed by atoms with Gasteiger partial charge in [-0.1, -0.05) is 12.1 Å². The third-order valence-electron chi connectivity index (χ3n) is 5.39. The Kier molecular flexibility index (Phi) is 5.30. The topological polar surface area (TPSA) is 115 Å². The number of anilines is 1. The molecule has 0 bridgehead atoms. The number of amides is 1. The number of hydrogen-bond acceptors (Lipinski definition) is 7. The lowest BCUT2D eigenvalue weighted by molar-refractivity contribution is -0.121. The van der Waals surface area contributed by atoms with E-state index >= 15 is 0 Å². The highest BCUT2D eigenvalue weighted by Gasteiger charge is 2.30. The fourth-order valence-electron chi connectivity index (χ4n) is 3.73.